The van der Waals surface area contributed by atoms with Gasteiger partial charge in [-0.3, -0.25) is 14.1 Å². The number of phosphoric ester groups is 1. The van der Waals surface area contributed by atoms with Crippen LogP contribution in [0.15, 0.2) is 85.1 Å². The molecule has 0 spiro atoms. The van der Waals surface area contributed by atoms with Crippen molar-refractivity contribution in [1.29, 1.82) is 0 Å². The molecule has 8 nitrogen and oxygen atoms in total. The molecule has 0 saturated heterocycles. The molecule has 0 bridgehead atoms. The molecule has 9 heteroatoms. The highest BCUT2D eigenvalue weighted by Gasteiger charge is 2.22. The van der Waals surface area contributed by atoms with Gasteiger partial charge in [0.05, 0.1) is 6.61 Å². The Labute approximate surface area is 316 Å². The average Bonchev–Trinajstić information content (AvgIpc) is 3.11. The topological polar surface area (TPSA) is 119 Å². The maximum Gasteiger partial charge on any atom is 0.469 e. The number of esters is 2. The molecular weight excluding hydrogens is 675 g/mol. The summed E-state index contributed by atoms with van der Waals surface area (Å²) in [7, 11) is -4.77. The highest BCUT2D eigenvalue weighted by atomic mass is 31.2. The number of hydrogen-bond acceptors (Lipinski definition) is 6. The normalized spacial score (nSPS) is 13.4. The van der Waals surface area contributed by atoms with Crippen LogP contribution in [0.2, 0.25) is 0 Å². The van der Waals surface area contributed by atoms with E-state index in [-0.39, 0.29) is 19.4 Å². The first-order chi connectivity index (χ1) is 25.3. The molecule has 1 atom stereocenters. The van der Waals surface area contributed by atoms with Crippen molar-refractivity contribution in [3.05, 3.63) is 85.1 Å². The maximum atomic E-state index is 12.4. The Morgan fingerprint density at radius 2 is 0.942 bits per heavy atom. The summed E-state index contributed by atoms with van der Waals surface area (Å²) in [5.41, 5.74) is 0. The minimum absolute atomic E-state index is 0.182. The summed E-state index contributed by atoms with van der Waals surface area (Å²) in [4.78, 5) is 42.8. The van der Waals surface area contributed by atoms with Gasteiger partial charge < -0.3 is 19.3 Å². The highest BCUT2D eigenvalue weighted by molar-refractivity contribution is 7.46. The SMILES string of the molecule is CC/C=C/C/C=C/C/C=C/C/C=C/C/C=C/CCCC(=O)OC[C@H](COP(=O)(O)O)OC(=O)CCCCCCCCC/C=C/C/C=C/CCCCC. The minimum Gasteiger partial charge on any atom is -0.462 e. The maximum absolute atomic E-state index is 12.4. The van der Waals surface area contributed by atoms with E-state index in [4.69, 9.17) is 19.3 Å². The molecule has 0 aliphatic rings. The molecule has 0 aliphatic heterocycles. The van der Waals surface area contributed by atoms with Crippen molar-refractivity contribution in [2.45, 2.75) is 161 Å². The molecule has 0 radical (unpaired) electrons. The van der Waals surface area contributed by atoms with E-state index in [1.54, 1.807) is 0 Å². The fourth-order valence-corrected chi connectivity index (χ4v) is 5.33. The largest absolute Gasteiger partial charge is 0.469 e. The Balaban J connectivity index is 4.08. The predicted octanol–water partition coefficient (Wildman–Crippen LogP) is 12.1. The molecule has 2 N–H and O–H groups in total. The molecule has 0 heterocycles. The van der Waals surface area contributed by atoms with Gasteiger partial charge in [0, 0.05) is 12.8 Å². The zero-order valence-corrected chi connectivity index (χ0v) is 33.3. The summed E-state index contributed by atoms with van der Waals surface area (Å²) in [5, 5.41) is 0. The fraction of sp³-hybridized carbons (Fsp3) is 0.628. The number of allylic oxidation sites excluding steroid dienone is 14. The van der Waals surface area contributed by atoms with Crippen LogP contribution in [-0.4, -0.2) is 41.0 Å². The fourth-order valence-electron chi connectivity index (χ4n) is 4.97. The summed E-state index contributed by atoms with van der Waals surface area (Å²) in [5.74, 6) is -0.970. The Bertz CT molecular complexity index is 1110. The second-order valence-electron chi connectivity index (χ2n) is 12.9. The van der Waals surface area contributed by atoms with Crippen LogP contribution in [-0.2, 0) is 28.2 Å². The van der Waals surface area contributed by atoms with Gasteiger partial charge in [-0.15, -0.1) is 0 Å². The molecule has 0 amide bonds. The van der Waals surface area contributed by atoms with E-state index in [9.17, 15) is 14.2 Å². The first-order valence-electron chi connectivity index (χ1n) is 19.9. The molecular formula is C43H71O8P. The number of unbranched alkanes of at least 4 members (excludes halogenated alkanes) is 11. The summed E-state index contributed by atoms with van der Waals surface area (Å²) in [6.45, 7) is 3.47. The van der Waals surface area contributed by atoms with Crippen LogP contribution in [0.5, 0.6) is 0 Å². The quantitative estimate of drug-likeness (QED) is 0.0285. The van der Waals surface area contributed by atoms with Crippen molar-refractivity contribution >= 4 is 19.8 Å². The highest BCUT2D eigenvalue weighted by Crippen LogP contribution is 2.36. The molecule has 0 saturated carbocycles. The Morgan fingerprint density at radius 3 is 1.44 bits per heavy atom. The van der Waals surface area contributed by atoms with Crippen molar-refractivity contribution in [1.82, 2.24) is 0 Å². The van der Waals surface area contributed by atoms with Gasteiger partial charge in [-0.25, -0.2) is 4.57 Å². The lowest BCUT2D eigenvalue weighted by atomic mass is 10.1. The van der Waals surface area contributed by atoms with Crippen LogP contribution >= 0.6 is 7.82 Å². The van der Waals surface area contributed by atoms with Gasteiger partial charge in [-0.1, -0.05) is 144 Å². The second kappa shape index (κ2) is 38.0. The molecule has 0 aromatic heterocycles. The van der Waals surface area contributed by atoms with E-state index in [0.717, 1.165) is 70.6 Å². The van der Waals surface area contributed by atoms with Crippen LogP contribution in [0.1, 0.15) is 155 Å². The number of phosphoric acid groups is 1. The van der Waals surface area contributed by atoms with Crippen molar-refractivity contribution in [3.63, 3.8) is 0 Å². The number of carbonyl (C=O) groups is 2. The predicted molar refractivity (Wildman–Crippen MR) is 216 cm³/mol. The Morgan fingerprint density at radius 1 is 0.519 bits per heavy atom. The molecule has 0 aromatic rings. The van der Waals surface area contributed by atoms with E-state index in [1.165, 1.54) is 44.9 Å². The molecule has 52 heavy (non-hydrogen) atoms. The third kappa shape index (κ3) is 40.0. The standard InChI is InChI=1S/C43H71O8P/c1-3-5-7-9-11-13-15-17-19-21-23-25-27-29-31-33-35-37-42(44)49-39-41(40-50-52(46,47)48)51-43(45)38-36-34-32-30-28-26-24-22-20-18-16-14-12-10-8-6-4-2/h5,7,11-14,17-20,23,25,29,31,41H,3-4,6,8-10,15-16,21-22,24,26-28,30,32-40H2,1-2H3,(H2,46,47,48)/b7-5+,13-11+,14-12+,19-17+,20-18+,25-23+,31-29+/t41-/m1/s1. The average molecular weight is 747 g/mol. The van der Waals surface area contributed by atoms with E-state index in [2.05, 4.69) is 97.4 Å². The van der Waals surface area contributed by atoms with Crippen LogP contribution in [0.3, 0.4) is 0 Å². The van der Waals surface area contributed by atoms with Gasteiger partial charge in [0.25, 0.3) is 0 Å². The van der Waals surface area contributed by atoms with Crippen molar-refractivity contribution < 1.29 is 37.9 Å². The van der Waals surface area contributed by atoms with E-state index < -0.39 is 32.5 Å². The molecule has 0 aromatic carbocycles. The number of ether oxygens (including phenoxy) is 2. The van der Waals surface area contributed by atoms with E-state index in [1.807, 2.05) is 6.08 Å². The van der Waals surface area contributed by atoms with E-state index >= 15 is 0 Å². The summed E-state index contributed by atoms with van der Waals surface area (Å²) in [6, 6.07) is 0. The molecule has 0 rings (SSSR count). The number of hydrogen-bond donors (Lipinski definition) is 2. The second-order valence-corrected chi connectivity index (χ2v) is 14.1. The number of rotatable bonds is 35. The lowest BCUT2D eigenvalue weighted by Gasteiger charge is -2.18. The minimum atomic E-state index is -4.77. The van der Waals surface area contributed by atoms with Gasteiger partial charge in [-0.05, 0) is 83.5 Å². The van der Waals surface area contributed by atoms with Crippen LogP contribution in [0.25, 0.3) is 0 Å². The smallest absolute Gasteiger partial charge is 0.462 e. The lowest BCUT2D eigenvalue weighted by molar-refractivity contribution is -0.161. The Kier molecular flexibility index (Phi) is 35.9. The van der Waals surface area contributed by atoms with Gasteiger partial charge in [-0.2, -0.15) is 0 Å². The van der Waals surface area contributed by atoms with Crippen LogP contribution in [0.4, 0.5) is 0 Å². The third-order valence-corrected chi connectivity index (χ3v) is 8.38. The third-order valence-electron chi connectivity index (χ3n) is 7.90. The first-order valence-corrected chi connectivity index (χ1v) is 21.4. The molecule has 0 fully saturated rings. The zero-order chi connectivity index (χ0) is 38.2. The van der Waals surface area contributed by atoms with Gasteiger partial charge in [0.1, 0.15) is 6.61 Å². The zero-order valence-electron chi connectivity index (χ0n) is 32.4. The van der Waals surface area contributed by atoms with Crippen molar-refractivity contribution in [3.8, 4) is 0 Å². The monoisotopic (exact) mass is 746 g/mol. The summed E-state index contributed by atoms with van der Waals surface area (Å²) < 4.78 is 26.3. The number of carbonyl (C=O) groups excluding carboxylic acids is 2. The van der Waals surface area contributed by atoms with Gasteiger partial charge in [0.2, 0.25) is 0 Å². The van der Waals surface area contributed by atoms with Crippen molar-refractivity contribution in [2.24, 2.45) is 0 Å². The van der Waals surface area contributed by atoms with E-state index in [0.29, 0.717) is 12.8 Å². The summed E-state index contributed by atoms with van der Waals surface area (Å²) >= 11 is 0. The van der Waals surface area contributed by atoms with Crippen molar-refractivity contribution in [2.75, 3.05) is 13.2 Å². The Hall–Kier alpha value is -2.77. The molecule has 0 unspecified atom stereocenters. The molecule has 296 valence electrons. The lowest BCUT2D eigenvalue weighted by Crippen LogP contribution is -2.29. The first kappa shape index (κ1) is 49.2. The van der Waals surface area contributed by atoms with Gasteiger partial charge in [0.15, 0.2) is 6.10 Å². The van der Waals surface area contributed by atoms with Gasteiger partial charge >= 0.3 is 19.8 Å². The van der Waals surface area contributed by atoms with Crippen LogP contribution in [0, 0.1) is 0 Å². The molecule has 0 aliphatic carbocycles. The van der Waals surface area contributed by atoms with Crippen LogP contribution < -0.4 is 0 Å². The summed E-state index contributed by atoms with van der Waals surface area (Å²) in [6.07, 6.45) is 50.2.